The van der Waals surface area contributed by atoms with Crippen LogP contribution in [0.5, 0.6) is 5.75 Å². The van der Waals surface area contributed by atoms with Gasteiger partial charge >= 0.3 is 6.18 Å². The van der Waals surface area contributed by atoms with E-state index in [1.165, 1.54) is 18.2 Å². The van der Waals surface area contributed by atoms with Crippen molar-refractivity contribution in [1.29, 1.82) is 0 Å². The van der Waals surface area contributed by atoms with Crippen LogP contribution in [0.3, 0.4) is 0 Å². The molecule has 0 aromatic heterocycles. The predicted octanol–water partition coefficient (Wildman–Crippen LogP) is 3.46. The van der Waals surface area contributed by atoms with Crippen LogP contribution in [0.1, 0.15) is 24.9 Å². The molecule has 0 saturated carbocycles. The summed E-state index contributed by atoms with van der Waals surface area (Å²) in [6.07, 6.45) is -3.72. The normalized spacial score (nSPS) is 12.8. The lowest BCUT2D eigenvalue weighted by Gasteiger charge is -2.19. The Balaban J connectivity index is 0.00000256. The highest BCUT2D eigenvalue weighted by Crippen LogP contribution is 2.35. The van der Waals surface area contributed by atoms with Crippen LogP contribution in [0.25, 0.3) is 0 Å². The maximum absolute atomic E-state index is 12.5. The molecule has 0 radical (unpaired) electrons. The number of nitrogens with two attached hydrogens (primary N) is 1. The third-order valence-electron chi connectivity index (χ3n) is 2.07. The summed E-state index contributed by atoms with van der Waals surface area (Å²) >= 11 is 0. The molecular weight excluding hydrogens is 255 g/mol. The lowest BCUT2D eigenvalue weighted by molar-refractivity contribution is -0.149. The van der Waals surface area contributed by atoms with Crippen LogP contribution in [0.4, 0.5) is 13.2 Å². The molecule has 0 fully saturated rings. The number of rotatable bonds is 4. The predicted molar refractivity (Wildman–Crippen MR) is 62.5 cm³/mol. The van der Waals surface area contributed by atoms with Gasteiger partial charge in [-0.3, -0.25) is 0 Å². The van der Waals surface area contributed by atoms with Gasteiger partial charge in [-0.2, -0.15) is 13.2 Å². The van der Waals surface area contributed by atoms with E-state index in [1.807, 2.05) is 6.92 Å². The monoisotopic (exact) mass is 269 g/mol. The van der Waals surface area contributed by atoms with E-state index in [1.54, 1.807) is 6.07 Å². The zero-order valence-corrected chi connectivity index (χ0v) is 10.1. The summed E-state index contributed by atoms with van der Waals surface area (Å²) < 4.78 is 42.6. The van der Waals surface area contributed by atoms with E-state index in [4.69, 9.17) is 10.5 Å². The third-order valence-corrected chi connectivity index (χ3v) is 2.07. The van der Waals surface area contributed by atoms with E-state index in [0.717, 1.165) is 6.42 Å². The highest BCUT2D eigenvalue weighted by molar-refractivity contribution is 5.85. The molecule has 0 heterocycles. The topological polar surface area (TPSA) is 35.2 Å². The Labute approximate surface area is 104 Å². The standard InChI is InChI=1S/C11H14F3NO.ClH/c1-2-7-16-9-6-4-3-5-8(9)10(15)11(12,13)14;/h3-6,10H,2,7,15H2,1H3;1H/t10-;/m0./s1. The summed E-state index contributed by atoms with van der Waals surface area (Å²) in [5.41, 5.74) is 5.12. The van der Waals surface area contributed by atoms with Crippen molar-refractivity contribution < 1.29 is 17.9 Å². The highest BCUT2D eigenvalue weighted by atomic mass is 35.5. The maximum atomic E-state index is 12.5. The van der Waals surface area contributed by atoms with Gasteiger partial charge in [0.25, 0.3) is 0 Å². The number of hydrogen-bond acceptors (Lipinski definition) is 2. The highest BCUT2D eigenvalue weighted by Gasteiger charge is 2.39. The molecule has 0 aliphatic carbocycles. The quantitative estimate of drug-likeness (QED) is 0.908. The molecule has 1 atom stereocenters. The fourth-order valence-corrected chi connectivity index (χ4v) is 1.26. The van der Waals surface area contributed by atoms with E-state index in [-0.39, 0.29) is 23.7 Å². The van der Waals surface area contributed by atoms with Crippen molar-refractivity contribution in [2.75, 3.05) is 6.61 Å². The summed E-state index contributed by atoms with van der Waals surface area (Å²) in [7, 11) is 0. The van der Waals surface area contributed by atoms with E-state index >= 15 is 0 Å². The van der Waals surface area contributed by atoms with Gasteiger partial charge in [0.05, 0.1) is 6.61 Å². The number of para-hydroxylation sites is 1. The van der Waals surface area contributed by atoms with Crippen molar-refractivity contribution in [3.8, 4) is 5.75 Å². The molecule has 0 aliphatic rings. The minimum absolute atomic E-state index is 0. The van der Waals surface area contributed by atoms with E-state index < -0.39 is 12.2 Å². The second kappa shape index (κ2) is 6.71. The number of hydrogen-bond donors (Lipinski definition) is 1. The molecule has 0 spiro atoms. The van der Waals surface area contributed by atoms with Crippen molar-refractivity contribution in [2.24, 2.45) is 5.73 Å². The zero-order chi connectivity index (χ0) is 12.2. The van der Waals surface area contributed by atoms with Gasteiger partial charge in [-0.15, -0.1) is 12.4 Å². The molecule has 1 aromatic rings. The van der Waals surface area contributed by atoms with Gasteiger partial charge in [0.1, 0.15) is 11.8 Å². The summed E-state index contributed by atoms with van der Waals surface area (Å²) in [6.45, 7) is 2.26. The van der Waals surface area contributed by atoms with Crippen LogP contribution in [-0.2, 0) is 0 Å². The Bertz CT molecular complexity index is 344. The summed E-state index contributed by atoms with van der Waals surface area (Å²) in [6, 6.07) is 3.97. The lowest BCUT2D eigenvalue weighted by Crippen LogP contribution is -2.28. The molecule has 2 nitrogen and oxygen atoms in total. The van der Waals surface area contributed by atoms with Gasteiger partial charge in [-0.05, 0) is 12.5 Å². The minimum atomic E-state index is -4.45. The largest absolute Gasteiger partial charge is 0.493 e. The molecule has 98 valence electrons. The average molecular weight is 270 g/mol. The van der Waals surface area contributed by atoms with Crippen LogP contribution in [0.15, 0.2) is 24.3 Å². The van der Waals surface area contributed by atoms with Gasteiger partial charge < -0.3 is 10.5 Å². The van der Waals surface area contributed by atoms with Crippen LogP contribution >= 0.6 is 12.4 Å². The first-order valence-electron chi connectivity index (χ1n) is 5.00. The summed E-state index contributed by atoms with van der Waals surface area (Å²) in [4.78, 5) is 0. The van der Waals surface area contributed by atoms with Crippen molar-refractivity contribution in [3.63, 3.8) is 0 Å². The third kappa shape index (κ3) is 4.44. The van der Waals surface area contributed by atoms with Crippen molar-refractivity contribution in [1.82, 2.24) is 0 Å². The number of alkyl halides is 3. The molecule has 0 saturated heterocycles. The second-order valence-corrected chi connectivity index (χ2v) is 3.41. The second-order valence-electron chi connectivity index (χ2n) is 3.41. The first kappa shape index (κ1) is 16.1. The lowest BCUT2D eigenvalue weighted by atomic mass is 10.1. The average Bonchev–Trinajstić information content (AvgIpc) is 2.24. The number of ether oxygens (including phenoxy) is 1. The Morgan fingerprint density at radius 3 is 2.41 bits per heavy atom. The Morgan fingerprint density at radius 1 is 1.29 bits per heavy atom. The van der Waals surface area contributed by atoms with Crippen LogP contribution in [0.2, 0.25) is 0 Å². The SMILES string of the molecule is CCCOc1ccccc1[C@H](N)C(F)(F)F.Cl. The molecule has 1 rings (SSSR count). The van der Waals surface area contributed by atoms with E-state index in [9.17, 15) is 13.2 Å². The first-order chi connectivity index (χ1) is 7.46. The van der Waals surface area contributed by atoms with Gasteiger partial charge in [-0.25, -0.2) is 0 Å². The van der Waals surface area contributed by atoms with Gasteiger partial charge in [-0.1, -0.05) is 25.1 Å². The van der Waals surface area contributed by atoms with Crippen molar-refractivity contribution in [2.45, 2.75) is 25.6 Å². The Hall–Kier alpha value is -0.940. The smallest absolute Gasteiger partial charge is 0.407 e. The fourth-order valence-electron chi connectivity index (χ4n) is 1.26. The fraction of sp³-hybridized carbons (Fsp3) is 0.455. The van der Waals surface area contributed by atoms with Crippen LogP contribution in [0, 0.1) is 0 Å². The molecule has 1 aromatic carbocycles. The molecule has 0 bridgehead atoms. The number of halogens is 4. The maximum Gasteiger partial charge on any atom is 0.407 e. The van der Waals surface area contributed by atoms with E-state index in [2.05, 4.69) is 0 Å². The van der Waals surface area contributed by atoms with Gasteiger partial charge in [0, 0.05) is 5.56 Å². The van der Waals surface area contributed by atoms with E-state index in [0.29, 0.717) is 6.61 Å². The zero-order valence-electron chi connectivity index (χ0n) is 9.33. The van der Waals surface area contributed by atoms with Gasteiger partial charge in [0.15, 0.2) is 0 Å². The Kier molecular flexibility index (Phi) is 6.34. The first-order valence-corrected chi connectivity index (χ1v) is 5.00. The van der Waals surface area contributed by atoms with Crippen molar-refractivity contribution >= 4 is 12.4 Å². The molecule has 0 aliphatic heterocycles. The minimum Gasteiger partial charge on any atom is -0.493 e. The van der Waals surface area contributed by atoms with Crippen molar-refractivity contribution in [3.05, 3.63) is 29.8 Å². The van der Waals surface area contributed by atoms with Crippen LogP contribution < -0.4 is 10.5 Å². The molecule has 2 N–H and O–H groups in total. The molecular formula is C11H15ClF3NO. The molecule has 0 unspecified atom stereocenters. The van der Waals surface area contributed by atoms with Gasteiger partial charge in [0.2, 0.25) is 0 Å². The summed E-state index contributed by atoms with van der Waals surface area (Å²) in [5.74, 6) is 0.203. The molecule has 6 heteroatoms. The van der Waals surface area contributed by atoms with Crippen LogP contribution in [-0.4, -0.2) is 12.8 Å². The Morgan fingerprint density at radius 2 is 1.88 bits per heavy atom. The molecule has 0 amide bonds. The summed E-state index contributed by atoms with van der Waals surface area (Å²) in [5, 5.41) is 0. The molecule has 17 heavy (non-hydrogen) atoms. The number of benzene rings is 1.